The van der Waals surface area contributed by atoms with Crippen molar-refractivity contribution in [3.8, 4) is 11.1 Å². The van der Waals surface area contributed by atoms with Crippen molar-refractivity contribution in [3.05, 3.63) is 59.7 Å². The van der Waals surface area contributed by atoms with Crippen LogP contribution in [0, 0.1) is 0 Å². The molecule has 0 unspecified atom stereocenters. The minimum Gasteiger partial charge on any atom is -0.332 e. The van der Waals surface area contributed by atoms with Crippen LogP contribution in [0.5, 0.6) is 0 Å². The molecule has 2 aromatic rings. The summed E-state index contributed by atoms with van der Waals surface area (Å²) >= 11 is 1.66. The summed E-state index contributed by atoms with van der Waals surface area (Å²) in [6.45, 7) is 3.02. The molecule has 134 valence electrons. The van der Waals surface area contributed by atoms with Gasteiger partial charge < -0.3 is 9.80 Å². The first-order valence-corrected chi connectivity index (χ1v) is 10.2. The van der Waals surface area contributed by atoms with Gasteiger partial charge in [0.1, 0.15) is 6.04 Å². The Hall–Kier alpha value is -2.27. The number of carbonyl (C=O) groups is 2. The Kier molecular flexibility index (Phi) is 4.72. The Morgan fingerprint density at radius 3 is 2.15 bits per heavy atom. The van der Waals surface area contributed by atoms with Gasteiger partial charge in [0.25, 0.3) is 0 Å². The van der Waals surface area contributed by atoms with Crippen LogP contribution >= 0.6 is 11.8 Å². The Bertz CT molecular complexity index is 804. The maximum absolute atomic E-state index is 13.3. The fourth-order valence-electron chi connectivity index (χ4n) is 3.77. The van der Waals surface area contributed by atoms with Crippen LogP contribution in [-0.4, -0.2) is 39.3 Å². The standard InChI is InChI=1S/C21H22N2O2S/c1-2-20(24)23-14-26-13-19(23)21(25)22-11-15-7-3-5-9-17(15)18-10-6-4-8-16(18)12-22/h3-10,19H,2,11-14H2,1H3/t19-/m0/s1. The molecule has 1 fully saturated rings. The summed E-state index contributed by atoms with van der Waals surface area (Å²) in [6.07, 6.45) is 0.440. The number of benzene rings is 2. The molecular formula is C21H22N2O2S. The van der Waals surface area contributed by atoms with E-state index in [4.69, 9.17) is 0 Å². The highest BCUT2D eigenvalue weighted by Gasteiger charge is 2.37. The molecule has 2 heterocycles. The van der Waals surface area contributed by atoms with Crippen molar-refractivity contribution in [1.29, 1.82) is 0 Å². The lowest BCUT2D eigenvalue weighted by molar-refractivity contribution is -0.144. The van der Waals surface area contributed by atoms with Gasteiger partial charge in [-0.1, -0.05) is 55.5 Å². The van der Waals surface area contributed by atoms with Crippen LogP contribution in [0.3, 0.4) is 0 Å². The van der Waals surface area contributed by atoms with Crippen molar-refractivity contribution < 1.29 is 9.59 Å². The van der Waals surface area contributed by atoms with Crippen molar-refractivity contribution in [1.82, 2.24) is 9.80 Å². The predicted octanol–water partition coefficient (Wildman–Crippen LogP) is 3.51. The van der Waals surface area contributed by atoms with E-state index in [0.29, 0.717) is 31.1 Å². The largest absolute Gasteiger partial charge is 0.332 e. The SMILES string of the molecule is CCC(=O)N1CSC[C@H]1C(=O)N1Cc2ccccc2-c2ccccc2C1. The summed E-state index contributed by atoms with van der Waals surface area (Å²) in [6, 6.07) is 16.2. The van der Waals surface area contributed by atoms with E-state index in [1.807, 2.05) is 36.1 Å². The third-order valence-corrected chi connectivity index (χ3v) is 6.16. The molecule has 5 heteroatoms. The maximum atomic E-state index is 13.3. The normalized spacial score (nSPS) is 18.9. The molecule has 2 aromatic carbocycles. The van der Waals surface area contributed by atoms with E-state index in [1.54, 1.807) is 16.7 Å². The van der Waals surface area contributed by atoms with Crippen LogP contribution < -0.4 is 0 Å². The lowest BCUT2D eigenvalue weighted by atomic mass is 9.97. The van der Waals surface area contributed by atoms with Crippen LogP contribution in [0.25, 0.3) is 11.1 Å². The molecule has 0 spiro atoms. The molecule has 2 aliphatic heterocycles. The minimum absolute atomic E-state index is 0.0586. The van der Waals surface area contributed by atoms with Gasteiger partial charge in [-0.3, -0.25) is 9.59 Å². The van der Waals surface area contributed by atoms with Crippen molar-refractivity contribution in [2.24, 2.45) is 0 Å². The number of hydrogen-bond donors (Lipinski definition) is 0. The molecule has 1 saturated heterocycles. The van der Waals surface area contributed by atoms with E-state index in [-0.39, 0.29) is 17.9 Å². The smallest absolute Gasteiger partial charge is 0.246 e. The number of fused-ring (bicyclic) bond motifs is 3. The van der Waals surface area contributed by atoms with Crippen molar-refractivity contribution in [3.63, 3.8) is 0 Å². The topological polar surface area (TPSA) is 40.6 Å². The summed E-state index contributed by atoms with van der Waals surface area (Å²) in [5.41, 5.74) is 4.70. The highest BCUT2D eigenvalue weighted by atomic mass is 32.2. The number of amides is 2. The fraction of sp³-hybridized carbons (Fsp3) is 0.333. The average Bonchev–Trinajstić information content (AvgIpc) is 3.10. The van der Waals surface area contributed by atoms with Gasteiger partial charge in [0.05, 0.1) is 5.88 Å². The van der Waals surface area contributed by atoms with E-state index >= 15 is 0 Å². The van der Waals surface area contributed by atoms with Gasteiger partial charge in [-0.15, -0.1) is 11.8 Å². The Morgan fingerprint density at radius 2 is 1.58 bits per heavy atom. The minimum atomic E-state index is -0.343. The maximum Gasteiger partial charge on any atom is 0.246 e. The van der Waals surface area contributed by atoms with E-state index in [9.17, 15) is 9.59 Å². The summed E-state index contributed by atoms with van der Waals surface area (Å²) in [5, 5.41) is 0. The molecule has 0 bridgehead atoms. The van der Waals surface area contributed by atoms with E-state index in [2.05, 4.69) is 24.3 Å². The van der Waals surface area contributed by atoms with Crippen LogP contribution in [0.2, 0.25) is 0 Å². The molecule has 2 aliphatic rings. The molecule has 0 saturated carbocycles. The van der Waals surface area contributed by atoms with Crippen LogP contribution in [-0.2, 0) is 22.7 Å². The fourth-order valence-corrected chi connectivity index (χ4v) is 4.94. The van der Waals surface area contributed by atoms with Crippen molar-refractivity contribution >= 4 is 23.6 Å². The van der Waals surface area contributed by atoms with Crippen LogP contribution in [0.15, 0.2) is 48.5 Å². The summed E-state index contributed by atoms with van der Waals surface area (Å²) in [5.74, 6) is 1.42. The molecule has 4 rings (SSSR count). The van der Waals surface area contributed by atoms with E-state index in [1.165, 1.54) is 11.1 Å². The zero-order valence-electron chi connectivity index (χ0n) is 14.9. The summed E-state index contributed by atoms with van der Waals surface area (Å²) in [4.78, 5) is 29.2. The quantitative estimate of drug-likeness (QED) is 0.817. The number of rotatable bonds is 2. The Morgan fingerprint density at radius 1 is 1.00 bits per heavy atom. The monoisotopic (exact) mass is 366 g/mol. The first-order valence-electron chi connectivity index (χ1n) is 9.01. The Labute approximate surface area is 158 Å². The average molecular weight is 366 g/mol. The molecule has 1 atom stereocenters. The van der Waals surface area contributed by atoms with Crippen LogP contribution in [0.4, 0.5) is 0 Å². The molecular weight excluding hydrogens is 344 g/mol. The zero-order chi connectivity index (χ0) is 18.1. The molecule has 0 N–H and O–H groups in total. The van der Waals surface area contributed by atoms with Gasteiger partial charge in [0.2, 0.25) is 11.8 Å². The van der Waals surface area contributed by atoms with E-state index in [0.717, 1.165) is 11.1 Å². The van der Waals surface area contributed by atoms with Gasteiger partial charge in [-0.05, 0) is 22.3 Å². The van der Waals surface area contributed by atoms with Gasteiger partial charge in [-0.25, -0.2) is 0 Å². The van der Waals surface area contributed by atoms with Crippen molar-refractivity contribution in [2.45, 2.75) is 32.5 Å². The van der Waals surface area contributed by atoms with E-state index < -0.39 is 0 Å². The number of nitrogens with zero attached hydrogens (tertiary/aromatic N) is 2. The first-order chi connectivity index (χ1) is 12.7. The molecule has 4 nitrogen and oxygen atoms in total. The number of thioether (sulfide) groups is 1. The molecule has 2 amide bonds. The van der Waals surface area contributed by atoms with Gasteiger partial charge in [0.15, 0.2) is 0 Å². The molecule has 0 radical (unpaired) electrons. The molecule has 0 aliphatic carbocycles. The molecule has 0 aromatic heterocycles. The summed E-state index contributed by atoms with van der Waals surface area (Å²) in [7, 11) is 0. The predicted molar refractivity (Wildman–Crippen MR) is 104 cm³/mol. The first kappa shape index (κ1) is 17.2. The Balaban J connectivity index is 1.68. The second-order valence-electron chi connectivity index (χ2n) is 6.74. The second-order valence-corrected chi connectivity index (χ2v) is 7.74. The third kappa shape index (κ3) is 3.01. The number of carbonyl (C=O) groups excluding carboxylic acids is 2. The van der Waals surface area contributed by atoms with Crippen LogP contribution in [0.1, 0.15) is 24.5 Å². The lowest BCUT2D eigenvalue weighted by Gasteiger charge is -2.29. The van der Waals surface area contributed by atoms with Gasteiger partial charge >= 0.3 is 0 Å². The van der Waals surface area contributed by atoms with Crippen molar-refractivity contribution in [2.75, 3.05) is 11.6 Å². The van der Waals surface area contributed by atoms with Gasteiger partial charge in [-0.2, -0.15) is 0 Å². The highest BCUT2D eigenvalue weighted by Crippen LogP contribution is 2.33. The second kappa shape index (κ2) is 7.16. The summed E-state index contributed by atoms with van der Waals surface area (Å²) < 4.78 is 0. The van der Waals surface area contributed by atoms with Gasteiger partial charge in [0, 0.05) is 25.3 Å². The zero-order valence-corrected chi connectivity index (χ0v) is 15.7. The third-order valence-electron chi connectivity index (χ3n) is 5.15. The number of hydrogen-bond acceptors (Lipinski definition) is 3. The highest BCUT2D eigenvalue weighted by molar-refractivity contribution is 7.99. The molecule has 26 heavy (non-hydrogen) atoms. The lowest BCUT2D eigenvalue weighted by Crippen LogP contribution is -2.48.